The summed E-state index contributed by atoms with van der Waals surface area (Å²) < 4.78 is 94.2. The Hall–Kier alpha value is -7.56. The number of hydrogen-bond donors (Lipinski definition) is 8. The molecule has 6 aromatic heterocycles. The van der Waals surface area contributed by atoms with Crippen molar-refractivity contribution in [2.45, 2.75) is 91.2 Å². The van der Waals surface area contributed by atoms with Gasteiger partial charge in [0.05, 0.1) is 56.9 Å². The van der Waals surface area contributed by atoms with Crippen LogP contribution in [-0.2, 0) is 39.7 Å². The van der Waals surface area contributed by atoms with Crippen molar-refractivity contribution < 1.29 is 69.8 Å². The van der Waals surface area contributed by atoms with Crippen LogP contribution in [0.15, 0.2) is 45.9 Å². The van der Waals surface area contributed by atoms with Gasteiger partial charge in [-0.15, -0.1) is 0 Å². The molecule has 29 nitrogen and oxygen atoms in total. The molecule has 1 aromatic carbocycles. The van der Waals surface area contributed by atoms with E-state index in [4.69, 9.17) is 49.6 Å². The van der Waals surface area contributed by atoms with Crippen LogP contribution < -0.4 is 25.7 Å². The quantitative estimate of drug-likeness (QED) is 0.0207. The van der Waals surface area contributed by atoms with Crippen molar-refractivity contribution in [2.24, 2.45) is 0 Å². The van der Waals surface area contributed by atoms with E-state index in [1.807, 2.05) is 47.6 Å². The number of nitrogens with zero attached hydrogens (tertiary/aromatic N) is 12. The minimum atomic E-state index is -4.19. The number of aryl methyl sites for hydroxylation is 2. The number of rotatable bonds is 27. The Labute approximate surface area is 479 Å². The van der Waals surface area contributed by atoms with Crippen LogP contribution in [0, 0.1) is 23.7 Å². The van der Waals surface area contributed by atoms with Gasteiger partial charge in [0, 0.05) is 52.4 Å². The van der Waals surface area contributed by atoms with Crippen LogP contribution >= 0.6 is 0 Å². The smallest absolute Gasteiger partial charge is 0.266 e. The number of aliphatic hydroxyl groups excluding tert-OH is 2. The molecule has 6 heterocycles. The Bertz CT molecular complexity index is 3640. The number of nitrogens with two attached hydrogens (primary N) is 2. The summed E-state index contributed by atoms with van der Waals surface area (Å²) in [6.45, 7) is 12.5. The molecule has 31 heteroatoms. The Morgan fingerprint density at radius 3 is 1.52 bits per heavy atom. The van der Waals surface area contributed by atoms with Gasteiger partial charge in [-0.25, -0.2) is 29.2 Å². The van der Waals surface area contributed by atoms with E-state index in [1.165, 1.54) is 6.20 Å². The van der Waals surface area contributed by atoms with E-state index in [2.05, 4.69) is 59.3 Å². The predicted octanol–water partition coefficient (Wildman–Crippen LogP) is 1.93. The lowest BCUT2D eigenvalue weighted by atomic mass is 10.1. The van der Waals surface area contributed by atoms with Gasteiger partial charge in [0.2, 0.25) is 0 Å². The molecule has 0 aliphatic rings. The average molecular weight is 1200 g/mol. The van der Waals surface area contributed by atoms with Gasteiger partial charge in [0.1, 0.15) is 50.4 Å². The largest absolute Gasteiger partial charge is 0.497 e. The molecule has 0 fully saturated rings. The van der Waals surface area contributed by atoms with Crippen molar-refractivity contribution >= 4 is 53.9 Å². The molecule has 0 aliphatic heterocycles. The summed E-state index contributed by atoms with van der Waals surface area (Å²) in [6.07, 6.45) is 3.64. The van der Waals surface area contributed by atoms with Crippen LogP contribution in [0.3, 0.4) is 0 Å². The highest BCUT2D eigenvalue weighted by atomic mass is 32.2. The normalized spacial score (nSPS) is 12.5. The summed E-state index contributed by atoms with van der Waals surface area (Å²) >= 11 is 0. The van der Waals surface area contributed by atoms with Crippen molar-refractivity contribution in [1.82, 2.24) is 59.5 Å². The number of fused-ring (bicyclic) bond motifs is 2. The van der Waals surface area contributed by atoms with Gasteiger partial charge in [-0.2, -0.15) is 16.8 Å². The fraction of sp³-hybridized carbons (Fsp3) is 0.500. The summed E-state index contributed by atoms with van der Waals surface area (Å²) in [4.78, 5) is 21.8. The number of aliphatic hydroxyl groups is 4. The first-order valence-corrected chi connectivity index (χ1v) is 29.4. The van der Waals surface area contributed by atoms with Crippen LogP contribution in [0.1, 0.15) is 71.3 Å². The van der Waals surface area contributed by atoms with E-state index < -0.39 is 49.9 Å². The molecule has 83 heavy (non-hydrogen) atoms. The molecule has 7 aromatic rings. The number of ether oxygens (including phenoxy) is 3. The Balaban J connectivity index is 0.000000269. The highest BCUT2D eigenvalue weighted by Crippen LogP contribution is 2.35. The minimum Gasteiger partial charge on any atom is -0.497 e. The molecule has 1 unspecified atom stereocenters. The zero-order chi connectivity index (χ0) is 60.7. The van der Waals surface area contributed by atoms with Gasteiger partial charge < -0.3 is 60.1 Å². The third-order valence-corrected chi connectivity index (χ3v) is 13.6. The van der Waals surface area contributed by atoms with Gasteiger partial charge in [-0.05, 0) is 111 Å². The number of anilines is 2. The SMILES string of the molecule is CCn1c(-c2nonc2N)nc2c(C#CC(C)(C)O)ncc(OCCCN(CCS(=O)(=O)O)CC(O)CO)c21.CCn1c(-c2nonc2N)nc2c(C#CC(C)(C)O)ncc(OCCCN(CCc3ccc(OC)cc3)CCS(=O)(=O)O)c21. The van der Waals surface area contributed by atoms with E-state index >= 15 is 0 Å². The summed E-state index contributed by atoms with van der Waals surface area (Å²) in [5.74, 6) is 12.9. The van der Waals surface area contributed by atoms with Crippen LogP contribution in [0.4, 0.5) is 11.6 Å². The Morgan fingerprint density at radius 1 is 0.687 bits per heavy atom. The number of benzene rings is 1. The van der Waals surface area contributed by atoms with Crippen LogP contribution in [0.5, 0.6) is 17.2 Å². The van der Waals surface area contributed by atoms with Gasteiger partial charge >= 0.3 is 0 Å². The Morgan fingerprint density at radius 2 is 1.13 bits per heavy atom. The van der Waals surface area contributed by atoms with E-state index in [0.29, 0.717) is 109 Å². The van der Waals surface area contributed by atoms with E-state index in [9.17, 15) is 36.7 Å². The maximum Gasteiger partial charge on any atom is 0.266 e. The summed E-state index contributed by atoms with van der Waals surface area (Å²) in [5, 5.41) is 54.2. The molecule has 0 saturated heterocycles. The second-order valence-corrected chi connectivity index (χ2v) is 23.0. The molecule has 10 N–H and O–H groups in total. The maximum absolute atomic E-state index is 11.4. The number of nitrogen functional groups attached to an aromatic ring is 2. The van der Waals surface area contributed by atoms with Gasteiger partial charge in [0.15, 0.2) is 46.2 Å². The highest BCUT2D eigenvalue weighted by Gasteiger charge is 2.26. The van der Waals surface area contributed by atoms with Crippen molar-refractivity contribution in [3.8, 4) is 64.0 Å². The van der Waals surface area contributed by atoms with Crippen molar-refractivity contribution in [1.29, 1.82) is 0 Å². The number of pyridine rings is 2. The van der Waals surface area contributed by atoms with Gasteiger partial charge in [0.25, 0.3) is 20.2 Å². The topological polar surface area (TPSA) is 415 Å². The predicted molar refractivity (Wildman–Crippen MR) is 304 cm³/mol. The third-order valence-electron chi connectivity index (χ3n) is 12.2. The molecule has 450 valence electrons. The van der Waals surface area contributed by atoms with E-state index in [1.54, 1.807) is 50.5 Å². The minimum absolute atomic E-state index is 0.0194. The molecule has 1 atom stereocenters. The molecule has 7 rings (SSSR count). The van der Waals surface area contributed by atoms with Crippen molar-refractivity contribution in [3.63, 3.8) is 0 Å². The zero-order valence-corrected chi connectivity index (χ0v) is 48.7. The van der Waals surface area contributed by atoms with E-state index in [0.717, 1.165) is 11.3 Å². The third kappa shape index (κ3) is 19.0. The molecule has 0 bridgehead atoms. The molecular weight excluding hydrogens is 1120 g/mol. The lowest BCUT2D eigenvalue weighted by Crippen LogP contribution is -2.38. The summed E-state index contributed by atoms with van der Waals surface area (Å²) in [6, 6.07) is 7.68. The lowest BCUT2D eigenvalue weighted by molar-refractivity contribution is 0.0593. The second-order valence-electron chi connectivity index (χ2n) is 19.9. The van der Waals surface area contributed by atoms with Crippen LogP contribution in [0.25, 0.3) is 45.1 Å². The second kappa shape index (κ2) is 28.6. The van der Waals surface area contributed by atoms with Crippen LogP contribution in [-0.4, -0.2) is 201 Å². The number of aromatic nitrogens is 10. The molecule has 0 saturated carbocycles. The zero-order valence-electron chi connectivity index (χ0n) is 47.1. The number of imidazole rings is 2. The summed E-state index contributed by atoms with van der Waals surface area (Å²) in [5.41, 5.74) is 13.6. The number of methoxy groups -OCH3 is 1. The first-order valence-electron chi connectivity index (χ1n) is 26.2. The molecular formula is C52H70N14O15S2. The lowest BCUT2D eigenvalue weighted by Gasteiger charge is -2.23. The molecule has 0 spiro atoms. The summed E-state index contributed by atoms with van der Waals surface area (Å²) in [7, 11) is -6.70. The number of hydrogen-bond acceptors (Lipinski definition) is 25. The first-order chi connectivity index (χ1) is 39.2. The van der Waals surface area contributed by atoms with Crippen molar-refractivity contribution in [2.75, 3.05) is 89.2 Å². The Kier molecular flexibility index (Phi) is 22.3. The highest BCUT2D eigenvalue weighted by molar-refractivity contribution is 7.86. The first kappa shape index (κ1) is 64.6. The standard InChI is InChI=1S/C29H37N7O7S.C23H33N7O8S/c1-5-36-26-23(19-31-22(11-13-29(2,3)37)24(26)32-28(36)25-27(30)34-43-33-25)42-17-6-14-35(16-18-44(38,39)40)15-12-20-7-9-21(41-4)10-8-20;1-4-30-20-17(37-10-5-8-29(13-15(32)14-31)9-11-39(34,35)36)12-25-16(6-7-23(2,3)33)18(20)26-22(30)19-21(24)28-38-27-19/h7-10,19,37H,5-6,12,14-18H2,1-4H3,(H2,30,34)(H,38,39,40);12,15,31-33H,4-5,8-11,13-14H2,1-3H3,(H2,24,28)(H,34,35,36). The fourth-order valence-electron chi connectivity index (χ4n) is 8.22. The van der Waals surface area contributed by atoms with Crippen molar-refractivity contribution in [3.05, 3.63) is 53.6 Å². The molecule has 0 aliphatic carbocycles. The monoisotopic (exact) mass is 1190 g/mol. The van der Waals surface area contributed by atoms with Gasteiger partial charge in [-0.3, -0.25) is 14.0 Å². The molecule has 0 amide bonds. The molecule has 0 radical (unpaired) electrons. The average Bonchev–Trinajstić information content (AvgIpc) is 3.72. The fourth-order valence-corrected chi connectivity index (χ4v) is 9.20. The van der Waals surface area contributed by atoms with Gasteiger partial charge in [-0.1, -0.05) is 24.0 Å². The maximum atomic E-state index is 11.4. The van der Waals surface area contributed by atoms with Crippen LogP contribution in [0.2, 0.25) is 0 Å². The van der Waals surface area contributed by atoms with E-state index in [-0.39, 0.29) is 61.6 Å².